The molecule has 0 spiro atoms. The number of aromatic nitrogens is 1. The topological polar surface area (TPSA) is 58.4 Å². The molecule has 26 heavy (non-hydrogen) atoms. The molecule has 134 valence electrons. The molecule has 0 radical (unpaired) electrons. The highest BCUT2D eigenvalue weighted by Crippen LogP contribution is 2.26. The van der Waals surface area contributed by atoms with E-state index in [0.717, 1.165) is 36.1 Å². The fourth-order valence-corrected chi connectivity index (χ4v) is 3.51. The Bertz CT molecular complexity index is 912. The predicted octanol–water partition coefficient (Wildman–Crippen LogP) is 3.63. The first-order valence-electron chi connectivity index (χ1n) is 9.16. The van der Waals surface area contributed by atoms with E-state index in [9.17, 15) is 4.79 Å². The maximum atomic E-state index is 12.9. The van der Waals surface area contributed by atoms with Crippen LogP contribution in [0.5, 0.6) is 0 Å². The molecule has 3 aromatic rings. The van der Waals surface area contributed by atoms with Crippen LogP contribution in [0.1, 0.15) is 28.8 Å². The number of nitrogens with one attached hydrogen (secondary N) is 1. The quantitative estimate of drug-likeness (QED) is 0.764. The van der Waals surface area contributed by atoms with Crippen molar-refractivity contribution in [3.8, 4) is 11.5 Å². The van der Waals surface area contributed by atoms with Gasteiger partial charge in [-0.05, 0) is 63.2 Å². The number of hydrogen-bond donors (Lipinski definition) is 1. The zero-order valence-corrected chi connectivity index (χ0v) is 15.0. The fraction of sp³-hybridized carbons (Fsp3) is 0.333. The van der Waals surface area contributed by atoms with Gasteiger partial charge in [0, 0.05) is 18.5 Å². The van der Waals surface area contributed by atoms with Crippen LogP contribution < -0.4 is 5.32 Å². The highest BCUT2D eigenvalue weighted by molar-refractivity contribution is 6.07. The molecule has 5 heteroatoms. The molecule has 1 aliphatic heterocycles. The summed E-state index contributed by atoms with van der Waals surface area (Å²) in [5, 5.41) is 3.95. The molecule has 1 amide bonds. The maximum Gasteiger partial charge on any atom is 0.252 e. The summed E-state index contributed by atoms with van der Waals surface area (Å²) in [6, 6.07) is 11.5. The molecular formula is C21H23N3O2. The first kappa shape index (κ1) is 16.8. The van der Waals surface area contributed by atoms with Crippen molar-refractivity contribution in [2.75, 3.05) is 26.2 Å². The highest BCUT2D eigenvalue weighted by atomic mass is 16.3. The predicted molar refractivity (Wildman–Crippen MR) is 102 cm³/mol. The van der Waals surface area contributed by atoms with Gasteiger partial charge in [0.1, 0.15) is 5.69 Å². The van der Waals surface area contributed by atoms with E-state index in [0.29, 0.717) is 23.6 Å². The van der Waals surface area contributed by atoms with Crippen LogP contribution in [0.4, 0.5) is 0 Å². The third-order valence-electron chi connectivity index (χ3n) is 4.89. The number of amides is 1. The highest BCUT2D eigenvalue weighted by Gasteiger charge is 2.16. The molecule has 0 aliphatic carbocycles. The number of carbonyl (C=O) groups excluding carboxylic acids is 1. The lowest BCUT2D eigenvalue weighted by Gasteiger charge is -2.15. The van der Waals surface area contributed by atoms with Gasteiger partial charge in [-0.15, -0.1) is 0 Å². The first-order valence-corrected chi connectivity index (χ1v) is 9.16. The van der Waals surface area contributed by atoms with Crippen molar-refractivity contribution in [2.24, 2.45) is 0 Å². The number of hydrogen-bond acceptors (Lipinski definition) is 4. The lowest BCUT2D eigenvalue weighted by Crippen LogP contribution is -2.33. The van der Waals surface area contributed by atoms with Crippen molar-refractivity contribution < 1.29 is 9.21 Å². The normalized spacial score (nSPS) is 14.8. The van der Waals surface area contributed by atoms with E-state index in [4.69, 9.17) is 4.42 Å². The van der Waals surface area contributed by atoms with Crippen LogP contribution in [-0.2, 0) is 0 Å². The molecule has 0 atom stereocenters. The number of rotatable bonds is 5. The third-order valence-corrected chi connectivity index (χ3v) is 4.89. The molecule has 0 saturated carbocycles. The number of nitrogens with zero attached hydrogens (tertiary/aromatic N) is 2. The minimum atomic E-state index is -0.0602. The van der Waals surface area contributed by atoms with Crippen molar-refractivity contribution in [2.45, 2.75) is 19.8 Å². The minimum Gasteiger partial charge on any atom is -0.463 e. The molecule has 1 aliphatic rings. The van der Waals surface area contributed by atoms with Crippen molar-refractivity contribution in [1.82, 2.24) is 15.2 Å². The van der Waals surface area contributed by atoms with Crippen molar-refractivity contribution >= 4 is 16.8 Å². The van der Waals surface area contributed by atoms with E-state index < -0.39 is 0 Å². The van der Waals surface area contributed by atoms with Crippen LogP contribution >= 0.6 is 0 Å². The van der Waals surface area contributed by atoms with Gasteiger partial charge in [-0.3, -0.25) is 4.79 Å². The second-order valence-corrected chi connectivity index (χ2v) is 6.86. The van der Waals surface area contributed by atoms with Gasteiger partial charge < -0.3 is 14.6 Å². The molecule has 1 N–H and O–H groups in total. The largest absolute Gasteiger partial charge is 0.463 e. The first-order chi connectivity index (χ1) is 12.7. The van der Waals surface area contributed by atoms with Gasteiger partial charge >= 0.3 is 0 Å². The molecule has 3 heterocycles. The second kappa shape index (κ2) is 7.30. The monoisotopic (exact) mass is 349 g/mol. The Kier molecular flexibility index (Phi) is 4.71. The Morgan fingerprint density at radius 2 is 2.08 bits per heavy atom. The van der Waals surface area contributed by atoms with Crippen molar-refractivity contribution in [1.29, 1.82) is 0 Å². The third kappa shape index (κ3) is 3.48. The minimum absolute atomic E-state index is 0.0602. The summed E-state index contributed by atoms with van der Waals surface area (Å²) in [5.41, 5.74) is 3.23. The summed E-state index contributed by atoms with van der Waals surface area (Å²) in [6.45, 7) is 5.85. The number of likely N-dealkylation sites (tertiary alicyclic amines) is 1. The number of aryl methyl sites for hydroxylation is 1. The Hall–Kier alpha value is -2.66. The van der Waals surface area contributed by atoms with Gasteiger partial charge in [-0.1, -0.05) is 11.6 Å². The van der Waals surface area contributed by atoms with Crippen LogP contribution in [0, 0.1) is 6.92 Å². The number of carbonyl (C=O) groups is 1. The van der Waals surface area contributed by atoms with Crippen molar-refractivity contribution in [3.63, 3.8) is 0 Å². The summed E-state index contributed by atoms with van der Waals surface area (Å²) in [4.78, 5) is 19.9. The number of pyridine rings is 1. The van der Waals surface area contributed by atoms with E-state index in [2.05, 4.69) is 15.2 Å². The molecular weight excluding hydrogens is 326 g/mol. The lowest BCUT2D eigenvalue weighted by atomic mass is 10.0. The van der Waals surface area contributed by atoms with Gasteiger partial charge in [-0.25, -0.2) is 4.98 Å². The summed E-state index contributed by atoms with van der Waals surface area (Å²) >= 11 is 0. The van der Waals surface area contributed by atoms with Gasteiger partial charge in [0.05, 0.1) is 17.3 Å². The van der Waals surface area contributed by atoms with Gasteiger partial charge in [0.2, 0.25) is 0 Å². The average molecular weight is 349 g/mol. The number of benzene rings is 1. The van der Waals surface area contributed by atoms with Gasteiger partial charge in [0.15, 0.2) is 5.76 Å². The second-order valence-electron chi connectivity index (χ2n) is 6.86. The molecule has 2 aromatic heterocycles. The summed E-state index contributed by atoms with van der Waals surface area (Å²) in [5.74, 6) is 0.605. The van der Waals surface area contributed by atoms with E-state index in [1.54, 1.807) is 6.26 Å². The van der Waals surface area contributed by atoms with E-state index in [-0.39, 0.29) is 5.91 Å². The Balaban J connectivity index is 1.62. The summed E-state index contributed by atoms with van der Waals surface area (Å²) in [6.07, 6.45) is 4.13. The fourth-order valence-electron chi connectivity index (χ4n) is 3.51. The standard InChI is InChI=1S/C21H23N3O2/c1-15-6-7-18-16(13-15)17(14-19(23-18)20-5-4-12-26-20)21(25)22-8-11-24-9-2-3-10-24/h4-7,12-14H,2-3,8-11H2,1H3,(H,22,25). The van der Waals surface area contributed by atoms with Crippen LogP contribution in [-0.4, -0.2) is 42.0 Å². The summed E-state index contributed by atoms with van der Waals surface area (Å²) < 4.78 is 5.47. The van der Waals surface area contributed by atoms with Crippen LogP contribution in [0.15, 0.2) is 47.1 Å². The molecule has 4 rings (SSSR count). The molecule has 0 bridgehead atoms. The van der Waals surface area contributed by atoms with Crippen LogP contribution in [0.25, 0.3) is 22.4 Å². The number of furan rings is 1. The van der Waals surface area contributed by atoms with Crippen LogP contribution in [0.2, 0.25) is 0 Å². The Morgan fingerprint density at radius 1 is 1.23 bits per heavy atom. The average Bonchev–Trinajstić information content (AvgIpc) is 3.34. The lowest BCUT2D eigenvalue weighted by molar-refractivity contribution is 0.0951. The smallest absolute Gasteiger partial charge is 0.252 e. The SMILES string of the molecule is Cc1ccc2nc(-c3ccco3)cc(C(=O)NCCN3CCCC3)c2c1. The Morgan fingerprint density at radius 3 is 2.85 bits per heavy atom. The molecule has 5 nitrogen and oxygen atoms in total. The molecule has 1 fully saturated rings. The van der Waals surface area contributed by atoms with Gasteiger partial charge in [-0.2, -0.15) is 0 Å². The van der Waals surface area contributed by atoms with E-state index >= 15 is 0 Å². The summed E-state index contributed by atoms with van der Waals surface area (Å²) in [7, 11) is 0. The Labute approximate surface area is 153 Å². The molecule has 0 unspecified atom stereocenters. The van der Waals surface area contributed by atoms with E-state index in [1.165, 1.54) is 12.8 Å². The molecule has 1 saturated heterocycles. The zero-order chi connectivity index (χ0) is 17.9. The van der Waals surface area contributed by atoms with Crippen LogP contribution in [0.3, 0.4) is 0 Å². The number of fused-ring (bicyclic) bond motifs is 1. The van der Waals surface area contributed by atoms with Gasteiger partial charge in [0.25, 0.3) is 5.91 Å². The van der Waals surface area contributed by atoms with E-state index in [1.807, 2.05) is 43.3 Å². The van der Waals surface area contributed by atoms with Crippen molar-refractivity contribution in [3.05, 3.63) is 53.8 Å². The zero-order valence-electron chi connectivity index (χ0n) is 15.0. The maximum absolute atomic E-state index is 12.9. The molecule has 1 aromatic carbocycles.